The standard InChI is InChI=1S/C23H22FN5O2/c1-15-5-3-6-17(13-15)22-20(14-29(27-22)19-10-8-18(24)9-11-19)23(30)25-12-4-7-21-26-16(2)28-31-21/h3,5-6,8-11,13-14H,4,7,12H2,1-2H3,(H,25,30). The fraction of sp³-hybridized carbons (Fsp3) is 0.217. The first-order chi connectivity index (χ1) is 15.0. The summed E-state index contributed by atoms with van der Waals surface area (Å²) in [6.07, 6.45) is 2.92. The molecule has 0 atom stereocenters. The molecule has 31 heavy (non-hydrogen) atoms. The summed E-state index contributed by atoms with van der Waals surface area (Å²) in [6.45, 7) is 4.20. The van der Waals surface area contributed by atoms with Crippen LogP contribution in [0.5, 0.6) is 0 Å². The summed E-state index contributed by atoms with van der Waals surface area (Å²) < 4.78 is 20.0. The van der Waals surface area contributed by atoms with Crippen molar-refractivity contribution in [3.8, 4) is 16.9 Å². The Balaban J connectivity index is 1.55. The first-order valence-electron chi connectivity index (χ1n) is 9.99. The minimum atomic E-state index is -0.329. The van der Waals surface area contributed by atoms with Gasteiger partial charge in [0.1, 0.15) is 11.5 Å². The van der Waals surface area contributed by atoms with Gasteiger partial charge in [0.15, 0.2) is 5.82 Å². The van der Waals surface area contributed by atoms with Crippen molar-refractivity contribution in [3.63, 3.8) is 0 Å². The van der Waals surface area contributed by atoms with E-state index >= 15 is 0 Å². The zero-order valence-corrected chi connectivity index (χ0v) is 17.3. The van der Waals surface area contributed by atoms with Crippen LogP contribution in [0.2, 0.25) is 0 Å². The van der Waals surface area contributed by atoms with Gasteiger partial charge in [0.05, 0.1) is 11.3 Å². The highest BCUT2D eigenvalue weighted by Gasteiger charge is 2.19. The lowest BCUT2D eigenvalue weighted by molar-refractivity contribution is 0.0953. The summed E-state index contributed by atoms with van der Waals surface area (Å²) in [5.74, 6) is 0.585. The number of carbonyl (C=O) groups is 1. The molecule has 1 N–H and O–H groups in total. The summed E-state index contributed by atoms with van der Waals surface area (Å²) in [7, 11) is 0. The van der Waals surface area contributed by atoms with Gasteiger partial charge in [-0.05, 0) is 50.6 Å². The van der Waals surface area contributed by atoms with Crippen LogP contribution >= 0.6 is 0 Å². The molecule has 2 heterocycles. The number of carbonyl (C=O) groups excluding carboxylic acids is 1. The monoisotopic (exact) mass is 419 g/mol. The molecule has 2 aromatic heterocycles. The van der Waals surface area contributed by atoms with E-state index in [0.717, 1.165) is 11.1 Å². The Morgan fingerprint density at radius 3 is 2.68 bits per heavy atom. The van der Waals surface area contributed by atoms with Crippen molar-refractivity contribution in [2.75, 3.05) is 6.54 Å². The van der Waals surface area contributed by atoms with E-state index in [1.54, 1.807) is 29.9 Å². The fourth-order valence-corrected chi connectivity index (χ4v) is 3.25. The van der Waals surface area contributed by atoms with E-state index in [9.17, 15) is 9.18 Å². The molecule has 7 nitrogen and oxygen atoms in total. The highest BCUT2D eigenvalue weighted by molar-refractivity contribution is 6.00. The molecule has 0 saturated carbocycles. The van der Waals surface area contributed by atoms with Gasteiger partial charge in [-0.15, -0.1) is 0 Å². The van der Waals surface area contributed by atoms with Gasteiger partial charge in [-0.1, -0.05) is 28.9 Å². The van der Waals surface area contributed by atoms with Gasteiger partial charge in [0, 0.05) is 24.7 Å². The molecule has 158 valence electrons. The van der Waals surface area contributed by atoms with E-state index in [4.69, 9.17) is 4.52 Å². The molecule has 2 aromatic carbocycles. The number of aromatic nitrogens is 4. The first kappa shape index (κ1) is 20.5. The van der Waals surface area contributed by atoms with Gasteiger partial charge >= 0.3 is 0 Å². The quantitative estimate of drug-likeness (QED) is 0.457. The summed E-state index contributed by atoms with van der Waals surface area (Å²) >= 11 is 0. The Kier molecular flexibility index (Phi) is 5.88. The summed E-state index contributed by atoms with van der Waals surface area (Å²) in [4.78, 5) is 17.1. The third-order valence-electron chi connectivity index (χ3n) is 4.76. The topological polar surface area (TPSA) is 85.8 Å². The number of halogens is 1. The summed E-state index contributed by atoms with van der Waals surface area (Å²) in [5, 5.41) is 11.3. The van der Waals surface area contributed by atoms with Crippen molar-refractivity contribution < 1.29 is 13.7 Å². The zero-order chi connectivity index (χ0) is 21.8. The Hall–Kier alpha value is -3.81. The molecule has 4 aromatic rings. The number of aryl methyl sites for hydroxylation is 3. The second kappa shape index (κ2) is 8.91. The van der Waals surface area contributed by atoms with Crippen LogP contribution in [0.4, 0.5) is 4.39 Å². The highest BCUT2D eigenvalue weighted by atomic mass is 19.1. The van der Waals surface area contributed by atoms with Gasteiger partial charge in [-0.3, -0.25) is 4.79 Å². The van der Waals surface area contributed by atoms with Gasteiger partial charge in [-0.25, -0.2) is 9.07 Å². The van der Waals surface area contributed by atoms with Crippen LogP contribution in [0.1, 0.15) is 34.1 Å². The fourth-order valence-electron chi connectivity index (χ4n) is 3.25. The molecule has 0 fully saturated rings. The third-order valence-corrected chi connectivity index (χ3v) is 4.76. The molecule has 4 rings (SSSR count). The Morgan fingerprint density at radius 2 is 1.97 bits per heavy atom. The maximum atomic E-state index is 13.3. The third kappa shape index (κ3) is 4.85. The molecule has 0 aliphatic rings. The maximum Gasteiger partial charge on any atom is 0.255 e. The van der Waals surface area contributed by atoms with Crippen LogP contribution in [0.25, 0.3) is 16.9 Å². The molecule has 8 heteroatoms. The van der Waals surface area contributed by atoms with Gasteiger partial charge in [0.2, 0.25) is 5.89 Å². The van der Waals surface area contributed by atoms with Crippen LogP contribution in [0, 0.1) is 19.7 Å². The number of benzene rings is 2. The minimum absolute atomic E-state index is 0.230. The molecule has 0 aliphatic heterocycles. The SMILES string of the molecule is Cc1cccc(-c2nn(-c3ccc(F)cc3)cc2C(=O)NCCCc2nc(C)no2)c1. The number of hydrogen-bond donors (Lipinski definition) is 1. The van der Waals surface area contributed by atoms with Crippen molar-refractivity contribution in [3.05, 3.63) is 83.4 Å². The van der Waals surface area contributed by atoms with Gasteiger partial charge < -0.3 is 9.84 Å². The number of nitrogens with zero attached hydrogens (tertiary/aromatic N) is 4. The van der Waals surface area contributed by atoms with Crippen molar-refractivity contribution in [2.45, 2.75) is 26.7 Å². The molecule has 0 bridgehead atoms. The lowest BCUT2D eigenvalue weighted by atomic mass is 10.1. The van der Waals surface area contributed by atoms with Crippen molar-refractivity contribution >= 4 is 5.91 Å². The van der Waals surface area contributed by atoms with Gasteiger partial charge in [0.25, 0.3) is 5.91 Å². The van der Waals surface area contributed by atoms with E-state index in [1.165, 1.54) is 12.1 Å². The lowest BCUT2D eigenvalue weighted by Crippen LogP contribution is -2.25. The first-order valence-corrected chi connectivity index (χ1v) is 9.99. The molecule has 0 spiro atoms. The van der Waals surface area contributed by atoms with Crippen LogP contribution in [-0.2, 0) is 6.42 Å². The lowest BCUT2D eigenvalue weighted by Gasteiger charge is -2.05. The van der Waals surface area contributed by atoms with Gasteiger partial charge in [-0.2, -0.15) is 10.1 Å². The van der Waals surface area contributed by atoms with E-state index in [0.29, 0.717) is 48.0 Å². The number of amides is 1. The van der Waals surface area contributed by atoms with E-state index < -0.39 is 0 Å². The molecule has 0 aliphatic carbocycles. The molecule has 1 amide bonds. The Bertz CT molecular complexity index is 1200. The van der Waals surface area contributed by atoms with E-state index in [-0.39, 0.29) is 11.7 Å². The molecule has 0 unspecified atom stereocenters. The van der Waals surface area contributed by atoms with Crippen LogP contribution in [0.15, 0.2) is 59.3 Å². The summed E-state index contributed by atoms with van der Waals surface area (Å²) in [6, 6.07) is 13.8. The zero-order valence-electron chi connectivity index (χ0n) is 17.3. The van der Waals surface area contributed by atoms with Crippen LogP contribution < -0.4 is 5.32 Å². The van der Waals surface area contributed by atoms with Crippen molar-refractivity contribution in [1.29, 1.82) is 0 Å². The molecular formula is C23H22FN5O2. The molecule has 0 radical (unpaired) electrons. The molecule has 0 saturated heterocycles. The minimum Gasteiger partial charge on any atom is -0.352 e. The average Bonchev–Trinajstić information content (AvgIpc) is 3.38. The number of rotatable bonds is 7. The molecular weight excluding hydrogens is 397 g/mol. The van der Waals surface area contributed by atoms with E-state index in [2.05, 4.69) is 20.6 Å². The predicted molar refractivity (Wildman–Crippen MR) is 113 cm³/mol. The predicted octanol–water partition coefficient (Wildman–Crippen LogP) is 4.04. The highest BCUT2D eigenvalue weighted by Crippen LogP contribution is 2.25. The normalized spacial score (nSPS) is 10.9. The Morgan fingerprint density at radius 1 is 1.16 bits per heavy atom. The maximum absolute atomic E-state index is 13.3. The van der Waals surface area contributed by atoms with Crippen LogP contribution in [0.3, 0.4) is 0 Å². The van der Waals surface area contributed by atoms with Crippen molar-refractivity contribution in [1.82, 2.24) is 25.2 Å². The van der Waals surface area contributed by atoms with Crippen LogP contribution in [-0.4, -0.2) is 32.4 Å². The second-order valence-corrected chi connectivity index (χ2v) is 7.28. The smallest absolute Gasteiger partial charge is 0.255 e. The van der Waals surface area contributed by atoms with Crippen molar-refractivity contribution in [2.24, 2.45) is 0 Å². The Labute approximate surface area is 178 Å². The largest absolute Gasteiger partial charge is 0.352 e. The second-order valence-electron chi connectivity index (χ2n) is 7.28. The number of nitrogens with one attached hydrogen (secondary N) is 1. The summed E-state index contributed by atoms with van der Waals surface area (Å²) in [5.41, 5.74) is 3.59. The number of hydrogen-bond acceptors (Lipinski definition) is 5. The van der Waals surface area contributed by atoms with E-state index in [1.807, 2.05) is 31.2 Å². The average molecular weight is 419 g/mol.